The van der Waals surface area contributed by atoms with Gasteiger partial charge in [-0.15, -0.1) is 0 Å². The van der Waals surface area contributed by atoms with Crippen molar-refractivity contribution in [3.05, 3.63) is 23.8 Å². The molecule has 0 aliphatic heterocycles. The lowest BCUT2D eigenvalue weighted by Crippen LogP contribution is -2.21. The summed E-state index contributed by atoms with van der Waals surface area (Å²) in [7, 11) is 3.10. The molecule has 104 valence electrons. The van der Waals surface area contributed by atoms with Crippen molar-refractivity contribution in [3.63, 3.8) is 0 Å². The van der Waals surface area contributed by atoms with Crippen LogP contribution in [0.5, 0.6) is 11.5 Å². The molecule has 0 unspecified atom stereocenters. The van der Waals surface area contributed by atoms with E-state index in [1.165, 1.54) is 0 Å². The second-order valence-electron chi connectivity index (χ2n) is 3.82. The molecule has 6 heteroatoms. The van der Waals surface area contributed by atoms with E-state index >= 15 is 0 Å². The highest BCUT2D eigenvalue weighted by atomic mass is 16.5. The van der Waals surface area contributed by atoms with E-state index in [-0.39, 0.29) is 13.0 Å². The first kappa shape index (κ1) is 14.8. The van der Waals surface area contributed by atoms with E-state index in [1.54, 1.807) is 26.4 Å². The van der Waals surface area contributed by atoms with Gasteiger partial charge in [0.25, 0.3) is 5.91 Å². The second-order valence-corrected chi connectivity index (χ2v) is 3.82. The minimum Gasteiger partial charge on any atom is -0.493 e. The SMILES string of the molecule is COc1ccc(CCC(=O)OCC(N)=O)cc1OC. The Bertz CT molecular complexity index is 458. The molecular weight excluding hydrogens is 250 g/mol. The van der Waals surface area contributed by atoms with Crippen molar-refractivity contribution in [2.24, 2.45) is 5.73 Å². The molecular formula is C13H17NO5. The standard InChI is InChI=1S/C13H17NO5/c1-17-10-5-3-9(7-11(10)18-2)4-6-13(16)19-8-12(14)15/h3,5,7H,4,6,8H2,1-2H3,(H2,14,15). The van der Waals surface area contributed by atoms with Gasteiger partial charge in [-0.05, 0) is 24.1 Å². The van der Waals surface area contributed by atoms with Crippen LogP contribution in [0.1, 0.15) is 12.0 Å². The molecule has 0 aromatic heterocycles. The van der Waals surface area contributed by atoms with Crippen LogP contribution in [0.2, 0.25) is 0 Å². The number of benzene rings is 1. The Morgan fingerprint density at radius 3 is 2.42 bits per heavy atom. The minimum atomic E-state index is -0.667. The van der Waals surface area contributed by atoms with Crippen LogP contribution < -0.4 is 15.2 Å². The van der Waals surface area contributed by atoms with Crippen LogP contribution in [0.25, 0.3) is 0 Å². The van der Waals surface area contributed by atoms with Gasteiger partial charge >= 0.3 is 5.97 Å². The highest BCUT2D eigenvalue weighted by Gasteiger charge is 2.08. The summed E-state index contributed by atoms with van der Waals surface area (Å²) >= 11 is 0. The summed E-state index contributed by atoms with van der Waals surface area (Å²) in [5.41, 5.74) is 5.78. The Kier molecular flexibility index (Phi) is 5.66. The number of rotatable bonds is 7. The Hall–Kier alpha value is -2.24. The number of carbonyl (C=O) groups excluding carboxylic acids is 2. The number of ether oxygens (including phenoxy) is 3. The maximum Gasteiger partial charge on any atom is 0.306 e. The average Bonchev–Trinajstić information content (AvgIpc) is 2.42. The lowest BCUT2D eigenvalue weighted by molar-refractivity contribution is -0.147. The summed E-state index contributed by atoms with van der Waals surface area (Å²) < 4.78 is 14.9. The van der Waals surface area contributed by atoms with Crippen molar-refractivity contribution >= 4 is 11.9 Å². The minimum absolute atomic E-state index is 0.169. The maximum absolute atomic E-state index is 11.3. The molecule has 0 atom stereocenters. The number of methoxy groups -OCH3 is 2. The van der Waals surface area contributed by atoms with Crippen LogP contribution in [-0.4, -0.2) is 32.7 Å². The lowest BCUT2D eigenvalue weighted by Gasteiger charge is -2.09. The van der Waals surface area contributed by atoms with Crippen LogP contribution in [0.4, 0.5) is 0 Å². The number of hydrogen-bond acceptors (Lipinski definition) is 5. The summed E-state index contributed by atoms with van der Waals surface area (Å²) in [6, 6.07) is 5.39. The molecule has 0 spiro atoms. The maximum atomic E-state index is 11.3. The van der Waals surface area contributed by atoms with Gasteiger partial charge in [0.2, 0.25) is 0 Å². The molecule has 0 bridgehead atoms. The second kappa shape index (κ2) is 7.25. The Morgan fingerprint density at radius 1 is 1.16 bits per heavy atom. The van der Waals surface area contributed by atoms with Gasteiger partial charge in [-0.2, -0.15) is 0 Å². The number of primary amides is 1. The highest BCUT2D eigenvalue weighted by Crippen LogP contribution is 2.27. The van der Waals surface area contributed by atoms with Crippen molar-refractivity contribution in [1.82, 2.24) is 0 Å². The van der Waals surface area contributed by atoms with Crippen molar-refractivity contribution < 1.29 is 23.8 Å². The van der Waals surface area contributed by atoms with Crippen LogP contribution in [0.3, 0.4) is 0 Å². The van der Waals surface area contributed by atoms with E-state index in [9.17, 15) is 9.59 Å². The monoisotopic (exact) mass is 267 g/mol. The van der Waals surface area contributed by atoms with Gasteiger partial charge in [-0.3, -0.25) is 9.59 Å². The zero-order valence-electron chi connectivity index (χ0n) is 11.0. The molecule has 2 N–H and O–H groups in total. The van der Waals surface area contributed by atoms with E-state index in [4.69, 9.17) is 15.2 Å². The van der Waals surface area contributed by atoms with Gasteiger partial charge in [-0.1, -0.05) is 6.07 Å². The molecule has 1 aromatic carbocycles. The molecule has 0 radical (unpaired) electrons. The fourth-order valence-corrected chi connectivity index (χ4v) is 1.51. The van der Waals surface area contributed by atoms with Gasteiger partial charge in [-0.25, -0.2) is 0 Å². The number of esters is 1. The van der Waals surface area contributed by atoms with Crippen molar-refractivity contribution in [1.29, 1.82) is 0 Å². The van der Waals surface area contributed by atoms with Crippen molar-refractivity contribution in [2.45, 2.75) is 12.8 Å². The summed E-state index contributed by atoms with van der Waals surface area (Å²) in [5.74, 6) is 0.0982. The molecule has 0 saturated carbocycles. The third-order valence-corrected chi connectivity index (χ3v) is 2.44. The fourth-order valence-electron chi connectivity index (χ4n) is 1.51. The Balaban J connectivity index is 2.53. The molecule has 19 heavy (non-hydrogen) atoms. The van der Waals surface area contributed by atoms with Crippen LogP contribution in [-0.2, 0) is 20.7 Å². The van der Waals surface area contributed by atoms with E-state index in [0.29, 0.717) is 17.9 Å². The molecule has 6 nitrogen and oxygen atoms in total. The Morgan fingerprint density at radius 2 is 1.84 bits per heavy atom. The van der Waals surface area contributed by atoms with Gasteiger partial charge in [0.1, 0.15) is 0 Å². The summed E-state index contributed by atoms with van der Waals surface area (Å²) in [4.78, 5) is 21.8. The molecule has 0 fully saturated rings. The zero-order chi connectivity index (χ0) is 14.3. The topological polar surface area (TPSA) is 87.9 Å². The average molecular weight is 267 g/mol. The predicted octanol–water partition coefficient (Wildman–Crippen LogP) is 0.665. The number of aryl methyl sites for hydroxylation is 1. The first-order valence-corrected chi connectivity index (χ1v) is 5.71. The van der Waals surface area contributed by atoms with Gasteiger partial charge < -0.3 is 19.9 Å². The number of hydrogen-bond donors (Lipinski definition) is 1. The molecule has 0 aliphatic rings. The summed E-state index contributed by atoms with van der Waals surface area (Å²) in [5, 5.41) is 0. The van der Waals surface area contributed by atoms with Crippen molar-refractivity contribution in [2.75, 3.05) is 20.8 Å². The van der Waals surface area contributed by atoms with Crippen LogP contribution in [0.15, 0.2) is 18.2 Å². The van der Waals surface area contributed by atoms with Gasteiger partial charge in [0, 0.05) is 6.42 Å². The van der Waals surface area contributed by atoms with Crippen LogP contribution >= 0.6 is 0 Å². The smallest absolute Gasteiger partial charge is 0.306 e. The number of carbonyl (C=O) groups is 2. The molecule has 1 aromatic rings. The lowest BCUT2D eigenvalue weighted by atomic mass is 10.1. The van der Waals surface area contributed by atoms with Gasteiger partial charge in [0.15, 0.2) is 18.1 Å². The number of amides is 1. The van der Waals surface area contributed by atoms with Crippen LogP contribution in [0, 0.1) is 0 Å². The summed E-state index contributed by atoms with van der Waals surface area (Å²) in [6.07, 6.45) is 0.653. The van der Waals surface area contributed by atoms with E-state index in [2.05, 4.69) is 4.74 Å². The van der Waals surface area contributed by atoms with E-state index < -0.39 is 11.9 Å². The highest BCUT2D eigenvalue weighted by molar-refractivity contribution is 5.79. The fraction of sp³-hybridized carbons (Fsp3) is 0.385. The number of nitrogens with two attached hydrogens (primary N) is 1. The molecule has 0 saturated heterocycles. The summed E-state index contributed by atoms with van der Waals surface area (Å²) in [6.45, 7) is -0.384. The largest absolute Gasteiger partial charge is 0.493 e. The Labute approximate surface area is 111 Å². The normalized spacial score (nSPS) is 9.79. The van der Waals surface area contributed by atoms with Gasteiger partial charge in [0.05, 0.1) is 14.2 Å². The zero-order valence-corrected chi connectivity index (χ0v) is 11.0. The van der Waals surface area contributed by atoms with Crippen molar-refractivity contribution in [3.8, 4) is 11.5 Å². The third-order valence-electron chi connectivity index (χ3n) is 2.44. The van der Waals surface area contributed by atoms with E-state index in [0.717, 1.165) is 5.56 Å². The first-order chi connectivity index (χ1) is 9.06. The predicted molar refractivity (Wildman–Crippen MR) is 68.0 cm³/mol. The molecule has 1 amide bonds. The molecule has 1 rings (SSSR count). The van der Waals surface area contributed by atoms with E-state index in [1.807, 2.05) is 6.07 Å². The third kappa shape index (κ3) is 4.87. The first-order valence-electron chi connectivity index (χ1n) is 5.71. The molecule has 0 heterocycles. The molecule has 0 aliphatic carbocycles. The quantitative estimate of drug-likeness (QED) is 0.733.